The standard InChI is InChI=1S/C17H10Cl2O6/c1-22-7-4-8-11(12-13(18)15(19)25-17(12)23-8)14-10(7)5-2-3-6(20)9(5)16(21)24-14/h4,12,17H,2-3H2,1H3. The molecule has 5 rings (SSSR count). The molecule has 3 heterocycles. The van der Waals surface area contributed by atoms with E-state index >= 15 is 0 Å². The predicted octanol–water partition coefficient (Wildman–Crippen LogP) is 3.41. The molecule has 6 nitrogen and oxygen atoms in total. The van der Waals surface area contributed by atoms with Crippen LogP contribution in [0, 0.1) is 0 Å². The highest BCUT2D eigenvalue weighted by atomic mass is 35.5. The number of ketones is 1. The van der Waals surface area contributed by atoms with Crippen molar-refractivity contribution < 1.29 is 23.4 Å². The van der Waals surface area contributed by atoms with Crippen LogP contribution in [0.4, 0.5) is 0 Å². The zero-order valence-corrected chi connectivity index (χ0v) is 14.4. The van der Waals surface area contributed by atoms with E-state index in [1.54, 1.807) is 6.07 Å². The first kappa shape index (κ1) is 15.1. The number of carbonyl (C=O) groups is 1. The van der Waals surface area contributed by atoms with E-state index in [1.807, 2.05) is 0 Å². The monoisotopic (exact) mass is 380 g/mol. The van der Waals surface area contributed by atoms with E-state index in [0.29, 0.717) is 40.0 Å². The fraction of sp³-hybridized carbons (Fsp3) is 0.294. The van der Waals surface area contributed by atoms with Crippen LogP contribution < -0.4 is 15.1 Å². The average Bonchev–Trinajstić information content (AvgIpc) is 3.21. The molecule has 0 saturated heterocycles. The Morgan fingerprint density at radius 1 is 1.20 bits per heavy atom. The second-order valence-corrected chi connectivity index (χ2v) is 6.81. The molecular formula is C17H10Cl2O6. The van der Waals surface area contributed by atoms with Crippen molar-refractivity contribution in [2.75, 3.05) is 7.11 Å². The number of aryl methyl sites for hydroxylation is 1. The molecule has 0 bridgehead atoms. The first-order valence-electron chi connectivity index (χ1n) is 7.63. The van der Waals surface area contributed by atoms with E-state index in [4.69, 9.17) is 41.8 Å². The molecule has 2 aromatic rings. The molecule has 8 heteroatoms. The molecule has 0 amide bonds. The van der Waals surface area contributed by atoms with Gasteiger partial charge in [-0.3, -0.25) is 4.79 Å². The van der Waals surface area contributed by atoms with Gasteiger partial charge in [0.05, 0.1) is 23.1 Å². The van der Waals surface area contributed by atoms with Gasteiger partial charge < -0.3 is 18.6 Å². The fourth-order valence-corrected chi connectivity index (χ4v) is 4.27. The number of halogens is 2. The lowest BCUT2D eigenvalue weighted by Gasteiger charge is -2.13. The number of fused-ring (bicyclic) bond motifs is 7. The number of hydrogen-bond acceptors (Lipinski definition) is 6. The van der Waals surface area contributed by atoms with E-state index in [-0.39, 0.29) is 28.0 Å². The number of carbonyl (C=O) groups excluding carboxylic acids is 1. The predicted molar refractivity (Wildman–Crippen MR) is 88.7 cm³/mol. The van der Waals surface area contributed by atoms with Crippen LogP contribution in [-0.4, -0.2) is 19.2 Å². The van der Waals surface area contributed by atoms with Crippen molar-refractivity contribution in [2.45, 2.75) is 25.0 Å². The maximum atomic E-state index is 12.4. The smallest absolute Gasteiger partial charge is 0.347 e. The summed E-state index contributed by atoms with van der Waals surface area (Å²) in [5, 5.41) is 0.944. The minimum atomic E-state index is -0.717. The number of Topliss-reactive ketones (excluding diaryl/α,β-unsaturated/α-hetero) is 1. The van der Waals surface area contributed by atoms with Crippen LogP contribution in [0.25, 0.3) is 11.0 Å². The lowest BCUT2D eigenvalue weighted by atomic mass is 9.95. The Morgan fingerprint density at radius 2 is 2.00 bits per heavy atom. The molecule has 0 saturated carbocycles. The first-order chi connectivity index (χ1) is 12.0. The van der Waals surface area contributed by atoms with Gasteiger partial charge in [-0.05, 0) is 23.6 Å². The zero-order valence-electron chi connectivity index (χ0n) is 12.9. The number of rotatable bonds is 1. The normalized spacial score (nSPS) is 23.4. The maximum absolute atomic E-state index is 12.4. The number of benzene rings is 1. The van der Waals surface area contributed by atoms with Crippen molar-refractivity contribution in [1.29, 1.82) is 0 Å². The molecule has 2 aliphatic heterocycles. The zero-order chi connectivity index (χ0) is 17.5. The molecule has 1 aromatic heterocycles. The Kier molecular flexibility index (Phi) is 2.98. The molecule has 2 atom stereocenters. The van der Waals surface area contributed by atoms with Gasteiger partial charge in [0.2, 0.25) is 5.22 Å². The maximum Gasteiger partial charge on any atom is 0.347 e. The summed E-state index contributed by atoms with van der Waals surface area (Å²) in [6, 6.07) is 1.69. The summed E-state index contributed by atoms with van der Waals surface area (Å²) < 4.78 is 22.2. The molecular weight excluding hydrogens is 371 g/mol. The van der Waals surface area contributed by atoms with Gasteiger partial charge in [-0.2, -0.15) is 0 Å². The van der Waals surface area contributed by atoms with Crippen molar-refractivity contribution in [1.82, 2.24) is 0 Å². The van der Waals surface area contributed by atoms with Gasteiger partial charge in [-0.15, -0.1) is 0 Å². The number of methoxy groups -OCH3 is 1. The van der Waals surface area contributed by atoms with E-state index < -0.39 is 17.8 Å². The fourth-order valence-electron chi connectivity index (χ4n) is 3.81. The van der Waals surface area contributed by atoms with Crippen molar-refractivity contribution >= 4 is 40.0 Å². The quantitative estimate of drug-likeness (QED) is 0.705. The summed E-state index contributed by atoms with van der Waals surface area (Å²) in [7, 11) is 1.51. The molecule has 1 aliphatic carbocycles. The highest BCUT2D eigenvalue weighted by Crippen LogP contribution is 2.55. The summed E-state index contributed by atoms with van der Waals surface area (Å²) in [6.07, 6.45) is 0.0178. The second kappa shape index (κ2) is 4.93. The Labute approximate surface area is 150 Å². The highest BCUT2D eigenvalue weighted by Gasteiger charge is 2.48. The third-order valence-corrected chi connectivity index (χ3v) is 5.65. The second-order valence-electron chi connectivity index (χ2n) is 6.06. The van der Waals surface area contributed by atoms with Crippen molar-refractivity contribution in [3.63, 3.8) is 0 Å². The van der Waals surface area contributed by atoms with Crippen LogP contribution in [0.2, 0.25) is 0 Å². The SMILES string of the molecule is COc1cc2c(c3oc(=O)c4c(c13)CCC4=O)C1C(Cl)=C(Cl)OC1O2. The Morgan fingerprint density at radius 3 is 2.76 bits per heavy atom. The van der Waals surface area contributed by atoms with Crippen LogP contribution in [0.3, 0.4) is 0 Å². The molecule has 0 N–H and O–H groups in total. The van der Waals surface area contributed by atoms with Crippen molar-refractivity contribution in [3.05, 3.63) is 43.4 Å². The summed E-state index contributed by atoms with van der Waals surface area (Å²) >= 11 is 12.3. The topological polar surface area (TPSA) is 75.0 Å². The Hall–Kier alpha value is -2.18. The lowest BCUT2D eigenvalue weighted by molar-refractivity contribution is -0.00999. The summed E-state index contributed by atoms with van der Waals surface area (Å²) in [5.74, 6) is 0.215. The highest BCUT2D eigenvalue weighted by molar-refractivity contribution is 6.39. The number of hydrogen-bond donors (Lipinski definition) is 0. The van der Waals surface area contributed by atoms with E-state index in [1.165, 1.54) is 7.11 Å². The van der Waals surface area contributed by atoms with Crippen LogP contribution in [0.5, 0.6) is 11.5 Å². The molecule has 0 spiro atoms. The van der Waals surface area contributed by atoms with Crippen LogP contribution in [0.1, 0.15) is 33.8 Å². The Bertz CT molecular complexity index is 1070. The molecule has 1 aromatic carbocycles. The molecule has 2 unspecified atom stereocenters. The third-order valence-electron chi connectivity index (χ3n) is 4.86. The van der Waals surface area contributed by atoms with Crippen molar-refractivity contribution in [2.24, 2.45) is 0 Å². The molecule has 25 heavy (non-hydrogen) atoms. The Balaban J connectivity index is 1.92. The number of ether oxygens (including phenoxy) is 3. The van der Waals surface area contributed by atoms with Crippen molar-refractivity contribution in [3.8, 4) is 11.5 Å². The van der Waals surface area contributed by atoms with Crippen LogP contribution in [0.15, 0.2) is 25.5 Å². The minimum Gasteiger partial charge on any atom is -0.496 e. The van der Waals surface area contributed by atoms with Gasteiger partial charge in [0.1, 0.15) is 28.6 Å². The molecule has 0 radical (unpaired) electrons. The van der Waals surface area contributed by atoms with Gasteiger partial charge in [0.25, 0.3) is 6.29 Å². The van der Waals surface area contributed by atoms with Gasteiger partial charge in [0.15, 0.2) is 5.78 Å². The van der Waals surface area contributed by atoms with E-state index in [0.717, 1.165) is 0 Å². The minimum absolute atomic E-state index is 0.0602. The molecule has 3 aliphatic rings. The van der Waals surface area contributed by atoms with Gasteiger partial charge in [-0.25, -0.2) is 4.79 Å². The summed E-state index contributed by atoms with van der Waals surface area (Å²) in [6.45, 7) is 0. The lowest BCUT2D eigenvalue weighted by Crippen LogP contribution is -2.16. The first-order valence-corrected chi connectivity index (χ1v) is 8.39. The molecule has 0 fully saturated rings. The average molecular weight is 381 g/mol. The van der Waals surface area contributed by atoms with Gasteiger partial charge in [0, 0.05) is 12.5 Å². The van der Waals surface area contributed by atoms with Gasteiger partial charge >= 0.3 is 5.63 Å². The largest absolute Gasteiger partial charge is 0.496 e. The van der Waals surface area contributed by atoms with Gasteiger partial charge in [-0.1, -0.05) is 11.6 Å². The van der Waals surface area contributed by atoms with E-state index in [9.17, 15) is 9.59 Å². The molecule has 128 valence electrons. The van der Waals surface area contributed by atoms with Crippen LogP contribution in [-0.2, 0) is 11.2 Å². The summed E-state index contributed by atoms with van der Waals surface area (Å²) in [5.41, 5.74) is 0.969. The van der Waals surface area contributed by atoms with E-state index in [2.05, 4.69) is 0 Å². The van der Waals surface area contributed by atoms with Crippen LogP contribution >= 0.6 is 23.2 Å². The third kappa shape index (κ3) is 1.81. The summed E-state index contributed by atoms with van der Waals surface area (Å²) in [4.78, 5) is 24.5.